The summed E-state index contributed by atoms with van der Waals surface area (Å²) >= 11 is 0. The number of rotatable bonds is 15. The average molecular weight is 442 g/mol. The Morgan fingerprint density at radius 2 is 1.12 bits per heavy atom. The second kappa shape index (κ2) is 17.8. The van der Waals surface area contributed by atoms with Crippen LogP contribution >= 0.6 is 0 Å². The van der Waals surface area contributed by atoms with E-state index in [1.54, 1.807) is 0 Å². The van der Waals surface area contributed by atoms with Crippen molar-refractivity contribution >= 4 is 0 Å². The first-order valence-corrected chi connectivity index (χ1v) is 12.7. The van der Waals surface area contributed by atoms with Gasteiger partial charge in [0.2, 0.25) is 0 Å². The zero-order chi connectivity index (χ0) is 23.5. The van der Waals surface area contributed by atoms with E-state index in [-0.39, 0.29) is 13.2 Å². The van der Waals surface area contributed by atoms with Crippen LogP contribution in [0.5, 0.6) is 0 Å². The molecule has 0 heterocycles. The molecule has 0 aliphatic rings. The maximum Gasteiger partial charge on any atom is 0.0633 e. The summed E-state index contributed by atoms with van der Waals surface area (Å²) in [5.74, 6) is 0. The van der Waals surface area contributed by atoms with E-state index in [9.17, 15) is 0 Å². The van der Waals surface area contributed by atoms with Gasteiger partial charge in [-0.25, -0.2) is 0 Å². The van der Waals surface area contributed by atoms with Crippen molar-refractivity contribution in [3.05, 3.63) is 60.2 Å². The van der Waals surface area contributed by atoms with E-state index in [4.69, 9.17) is 15.9 Å². The van der Waals surface area contributed by atoms with Crippen LogP contribution in [-0.2, 0) is 6.42 Å². The van der Waals surface area contributed by atoms with E-state index >= 15 is 0 Å². The van der Waals surface area contributed by atoms with Crippen LogP contribution in [0.4, 0.5) is 0 Å². The van der Waals surface area contributed by atoms with Gasteiger partial charge in [0.25, 0.3) is 0 Å². The molecule has 2 aromatic rings. The maximum absolute atomic E-state index is 9.15. The van der Waals surface area contributed by atoms with Crippen molar-refractivity contribution in [3.8, 4) is 11.1 Å². The molecule has 32 heavy (non-hydrogen) atoms. The van der Waals surface area contributed by atoms with Crippen molar-refractivity contribution in [1.82, 2.24) is 0 Å². The third-order valence-electron chi connectivity index (χ3n) is 6.04. The first-order chi connectivity index (χ1) is 15.6. The zero-order valence-electron chi connectivity index (χ0n) is 20.6. The van der Waals surface area contributed by atoms with Gasteiger partial charge in [0, 0.05) is 0 Å². The molecule has 180 valence electrons. The van der Waals surface area contributed by atoms with Crippen molar-refractivity contribution in [2.75, 3.05) is 13.2 Å². The highest BCUT2D eigenvalue weighted by Crippen LogP contribution is 2.20. The molecule has 0 bridgehead atoms. The van der Waals surface area contributed by atoms with Crippen LogP contribution in [0.3, 0.4) is 0 Å². The van der Waals surface area contributed by atoms with E-state index in [1.165, 1.54) is 61.6 Å². The van der Waals surface area contributed by atoms with Crippen molar-refractivity contribution in [1.29, 1.82) is 0 Å². The minimum atomic E-state index is -0.822. The zero-order valence-corrected chi connectivity index (χ0v) is 20.6. The summed E-state index contributed by atoms with van der Waals surface area (Å²) in [4.78, 5) is 0. The van der Waals surface area contributed by atoms with E-state index < -0.39 is 5.54 Å². The summed E-state index contributed by atoms with van der Waals surface area (Å²) in [5.41, 5.74) is 8.87. The number of aliphatic hydroxyl groups is 2. The lowest BCUT2D eigenvalue weighted by molar-refractivity contribution is 0.112. The Bertz CT molecular complexity index is 659. The quantitative estimate of drug-likeness (QED) is 0.263. The predicted octanol–water partition coefficient (Wildman–Crippen LogP) is 6.90. The highest BCUT2D eigenvalue weighted by Gasteiger charge is 2.21. The topological polar surface area (TPSA) is 66.5 Å². The first-order valence-electron chi connectivity index (χ1n) is 12.7. The van der Waals surface area contributed by atoms with Crippen LogP contribution in [0.25, 0.3) is 11.1 Å². The van der Waals surface area contributed by atoms with Gasteiger partial charge in [-0.1, -0.05) is 126 Å². The Morgan fingerprint density at radius 1 is 0.625 bits per heavy atom. The van der Waals surface area contributed by atoms with Crippen molar-refractivity contribution in [3.63, 3.8) is 0 Å². The molecule has 0 radical (unpaired) electrons. The molecule has 2 aromatic carbocycles. The molecule has 0 aliphatic heterocycles. The molecule has 0 saturated heterocycles. The Hall–Kier alpha value is -1.68. The molecule has 3 heteroatoms. The highest BCUT2D eigenvalue weighted by atomic mass is 16.3. The summed E-state index contributed by atoms with van der Waals surface area (Å²) in [5, 5.41) is 18.3. The van der Waals surface area contributed by atoms with Gasteiger partial charge >= 0.3 is 0 Å². The summed E-state index contributed by atoms with van der Waals surface area (Å²) in [6.45, 7) is 4.20. The Kier molecular flexibility index (Phi) is 15.8. The summed E-state index contributed by atoms with van der Waals surface area (Å²) in [6.07, 6.45) is 14.8. The molecule has 0 spiro atoms. The van der Waals surface area contributed by atoms with Crippen LogP contribution in [-0.4, -0.2) is 29.0 Å². The monoisotopic (exact) mass is 441 g/mol. The smallest absolute Gasteiger partial charge is 0.0633 e. The van der Waals surface area contributed by atoms with Crippen molar-refractivity contribution in [2.24, 2.45) is 5.73 Å². The molecule has 2 rings (SSSR count). The molecular weight excluding hydrogens is 394 g/mol. The van der Waals surface area contributed by atoms with E-state index in [0.717, 1.165) is 25.7 Å². The van der Waals surface area contributed by atoms with Crippen molar-refractivity contribution < 1.29 is 10.2 Å². The molecule has 0 fully saturated rings. The lowest BCUT2D eigenvalue weighted by Crippen LogP contribution is -2.47. The van der Waals surface area contributed by atoms with Gasteiger partial charge in [0.15, 0.2) is 0 Å². The van der Waals surface area contributed by atoms with Crippen LogP contribution < -0.4 is 5.73 Å². The van der Waals surface area contributed by atoms with Crippen LogP contribution in [0.15, 0.2) is 54.6 Å². The van der Waals surface area contributed by atoms with Gasteiger partial charge in [0.05, 0.1) is 18.8 Å². The Labute approximate surface area is 197 Å². The number of hydrogen-bond acceptors (Lipinski definition) is 3. The van der Waals surface area contributed by atoms with Gasteiger partial charge in [-0.3, -0.25) is 0 Å². The number of benzene rings is 2. The number of aliphatic hydroxyl groups excluding tert-OH is 2. The molecular formula is C29H47NO2. The SMILES string of the molecule is CCCCCCCCC.NC(CO)(CO)CCCCCc1ccc(-c2ccccc2)cc1. The highest BCUT2D eigenvalue weighted by molar-refractivity contribution is 5.63. The fourth-order valence-electron chi connectivity index (χ4n) is 3.72. The lowest BCUT2D eigenvalue weighted by Gasteiger charge is -2.24. The standard InChI is InChI=1S/C20H27NO2.C9H20/c21-20(15-22,16-23)14-6-2-3-7-17-10-12-19(13-11-17)18-8-4-1-5-9-18;1-3-5-7-9-8-6-4-2/h1,4-5,8-13,22-23H,2-3,6-7,14-16,21H2;3-9H2,1-2H3. The molecule has 0 aliphatic carbocycles. The molecule has 4 N–H and O–H groups in total. The largest absolute Gasteiger partial charge is 0.394 e. The third kappa shape index (κ3) is 12.4. The number of nitrogens with two attached hydrogens (primary N) is 1. The Balaban J connectivity index is 0.000000482. The van der Waals surface area contributed by atoms with Gasteiger partial charge in [-0.15, -0.1) is 0 Å². The third-order valence-corrected chi connectivity index (χ3v) is 6.04. The molecule has 3 nitrogen and oxygen atoms in total. The average Bonchev–Trinajstić information content (AvgIpc) is 2.85. The number of unbranched alkanes of at least 4 members (excludes halogenated alkanes) is 8. The van der Waals surface area contributed by atoms with Crippen molar-refractivity contribution in [2.45, 2.75) is 96.4 Å². The summed E-state index contributed by atoms with van der Waals surface area (Å²) in [7, 11) is 0. The fourth-order valence-corrected chi connectivity index (χ4v) is 3.72. The van der Waals surface area contributed by atoms with Crippen LogP contribution in [0.2, 0.25) is 0 Å². The summed E-state index contributed by atoms with van der Waals surface area (Å²) < 4.78 is 0. The molecule has 0 aromatic heterocycles. The van der Waals surface area contributed by atoms with E-state index in [0.29, 0.717) is 6.42 Å². The predicted molar refractivity (Wildman–Crippen MR) is 139 cm³/mol. The van der Waals surface area contributed by atoms with Gasteiger partial charge in [0.1, 0.15) is 0 Å². The molecule has 0 saturated carbocycles. The van der Waals surface area contributed by atoms with Gasteiger partial charge < -0.3 is 15.9 Å². The second-order valence-electron chi connectivity index (χ2n) is 9.07. The van der Waals surface area contributed by atoms with E-state index in [2.05, 4.69) is 62.4 Å². The number of hydrogen-bond donors (Lipinski definition) is 3. The molecule has 0 atom stereocenters. The van der Waals surface area contributed by atoms with Crippen LogP contribution in [0, 0.1) is 0 Å². The minimum absolute atomic E-state index is 0.162. The minimum Gasteiger partial charge on any atom is -0.394 e. The maximum atomic E-state index is 9.15. The fraction of sp³-hybridized carbons (Fsp3) is 0.586. The normalized spacial score (nSPS) is 11.2. The lowest BCUT2D eigenvalue weighted by atomic mass is 9.94. The molecule has 0 unspecified atom stereocenters. The van der Waals surface area contributed by atoms with E-state index in [1.807, 2.05) is 6.07 Å². The Morgan fingerprint density at radius 3 is 1.66 bits per heavy atom. The van der Waals surface area contributed by atoms with Crippen LogP contribution in [0.1, 0.15) is 90.0 Å². The first kappa shape index (κ1) is 28.4. The second-order valence-corrected chi connectivity index (χ2v) is 9.07. The summed E-state index contributed by atoms with van der Waals surface area (Å²) in [6, 6.07) is 19.1. The number of aryl methyl sites for hydroxylation is 1. The molecule has 0 amide bonds. The van der Waals surface area contributed by atoms with Gasteiger partial charge in [-0.2, -0.15) is 0 Å². The van der Waals surface area contributed by atoms with Gasteiger partial charge in [-0.05, 0) is 36.0 Å².